The number of hydrogen-bond acceptors (Lipinski definition) is 4. The highest BCUT2D eigenvalue weighted by Gasteiger charge is 2.24. The number of aryl methyl sites for hydroxylation is 2. The molecule has 3 rings (SSSR count). The van der Waals surface area contributed by atoms with Gasteiger partial charge >= 0.3 is 0 Å². The molecule has 0 fully saturated rings. The second-order valence-corrected chi connectivity index (χ2v) is 8.51. The van der Waals surface area contributed by atoms with Gasteiger partial charge in [-0.2, -0.15) is 5.10 Å². The summed E-state index contributed by atoms with van der Waals surface area (Å²) in [7, 11) is -3.64. The van der Waals surface area contributed by atoms with Gasteiger partial charge in [-0.25, -0.2) is 22.8 Å². The van der Waals surface area contributed by atoms with Crippen LogP contribution in [0.25, 0.3) is 5.69 Å². The molecule has 0 saturated carbocycles. The summed E-state index contributed by atoms with van der Waals surface area (Å²) in [5.74, 6) is 0. The van der Waals surface area contributed by atoms with Crippen LogP contribution in [0.3, 0.4) is 0 Å². The van der Waals surface area contributed by atoms with Crippen molar-refractivity contribution in [3.8, 4) is 5.69 Å². The van der Waals surface area contributed by atoms with Crippen LogP contribution in [0.5, 0.6) is 0 Å². The van der Waals surface area contributed by atoms with Crippen molar-refractivity contribution in [1.82, 2.24) is 19.5 Å². The van der Waals surface area contributed by atoms with E-state index in [0.717, 1.165) is 33.5 Å². The zero-order valence-corrected chi connectivity index (χ0v) is 17.0. The minimum atomic E-state index is -3.64. The molecule has 142 valence electrons. The fraction of sp³-hybridized carbons (Fsp3) is 0.300. The van der Waals surface area contributed by atoms with E-state index in [1.54, 1.807) is 11.0 Å². The Balaban J connectivity index is 1.88. The molecule has 3 aromatic rings. The van der Waals surface area contributed by atoms with Crippen molar-refractivity contribution in [3.05, 3.63) is 70.8 Å². The third kappa shape index (κ3) is 3.79. The summed E-state index contributed by atoms with van der Waals surface area (Å²) in [5, 5.41) is 4.09. The topological polar surface area (TPSA) is 76.9 Å². The largest absolute Gasteiger partial charge is 0.241 e. The minimum absolute atomic E-state index is 0.362. The van der Waals surface area contributed by atoms with Gasteiger partial charge in [0.2, 0.25) is 10.0 Å². The van der Waals surface area contributed by atoms with Crippen LogP contribution in [0.2, 0.25) is 0 Å². The Hall–Kier alpha value is -2.51. The molecule has 0 radical (unpaired) electrons. The molecule has 7 heteroatoms. The third-order valence-corrected chi connectivity index (χ3v) is 6.79. The molecular weight excluding hydrogens is 360 g/mol. The molecule has 2 aromatic carbocycles. The maximum absolute atomic E-state index is 13.1. The van der Waals surface area contributed by atoms with Crippen molar-refractivity contribution in [3.63, 3.8) is 0 Å². The summed E-state index contributed by atoms with van der Waals surface area (Å²) in [4.78, 5) is 4.31. The zero-order valence-electron chi connectivity index (χ0n) is 16.2. The standard InChI is InChI=1S/C20H24N4O2S/c1-13-10-14(2)16(4)20(15(13)3)27(25,26)23-17(5)18-6-8-19(9-7-18)24-12-21-11-22-24/h6-12,17,23H,1-5H3. The Morgan fingerprint density at radius 3 is 2.11 bits per heavy atom. The first kappa shape index (κ1) is 19.3. The summed E-state index contributed by atoms with van der Waals surface area (Å²) in [5.41, 5.74) is 5.28. The SMILES string of the molecule is Cc1cc(C)c(C)c(S(=O)(=O)NC(C)c2ccc(-n3cncn3)cc2)c1C. The number of benzene rings is 2. The molecule has 0 spiro atoms. The van der Waals surface area contributed by atoms with Gasteiger partial charge in [0.15, 0.2) is 0 Å². The van der Waals surface area contributed by atoms with Gasteiger partial charge in [-0.1, -0.05) is 18.2 Å². The Labute approximate surface area is 160 Å². The van der Waals surface area contributed by atoms with Crippen LogP contribution in [-0.4, -0.2) is 23.2 Å². The van der Waals surface area contributed by atoms with Gasteiger partial charge in [0.05, 0.1) is 10.6 Å². The van der Waals surface area contributed by atoms with Crippen LogP contribution >= 0.6 is 0 Å². The zero-order chi connectivity index (χ0) is 19.8. The lowest BCUT2D eigenvalue weighted by Crippen LogP contribution is -2.28. The number of nitrogens with one attached hydrogen (secondary N) is 1. The van der Waals surface area contributed by atoms with Crippen molar-refractivity contribution in [1.29, 1.82) is 0 Å². The monoisotopic (exact) mass is 384 g/mol. The van der Waals surface area contributed by atoms with Crippen LogP contribution in [0, 0.1) is 27.7 Å². The lowest BCUT2D eigenvalue weighted by Gasteiger charge is -2.19. The highest BCUT2D eigenvalue weighted by molar-refractivity contribution is 7.89. The molecule has 0 aliphatic carbocycles. The normalized spacial score (nSPS) is 12.9. The lowest BCUT2D eigenvalue weighted by molar-refractivity contribution is 0.565. The summed E-state index contributed by atoms with van der Waals surface area (Å²) >= 11 is 0. The Morgan fingerprint density at radius 2 is 1.59 bits per heavy atom. The molecule has 27 heavy (non-hydrogen) atoms. The lowest BCUT2D eigenvalue weighted by atomic mass is 10.0. The molecule has 0 saturated heterocycles. The van der Waals surface area contributed by atoms with Gasteiger partial charge in [0, 0.05) is 6.04 Å². The van der Waals surface area contributed by atoms with E-state index in [1.165, 1.54) is 6.33 Å². The maximum Gasteiger partial charge on any atom is 0.241 e. The van der Waals surface area contributed by atoms with E-state index in [1.807, 2.05) is 65.0 Å². The van der Waals surface area contributed by atoms with E-state index >= 15 is 0 Å². The smallest absolute Gasteiger partial charge is 0.223 e. The van der Waals surface area contributed by atoms with Gasteiger partial charge < -0.3 is 0 Å². The molecule has 1 N–H and O–H groups in total. The van der Waals surface area contributed by atoms with Crippen molar-refractivity contribution in [2.75, 3.05) is 0 Å². The second-order valence-electron chi connectivity index (χ2n) is 6.86. The fourth-order valence-electron chi connectivity index (χ4n) is 3.20. The first-order valence-electron chi connectivity index (χ1n) is 8.75. The molecule has 0 bridgehead atoms. The Bertz CT molecular complexity index is 1030. The average molecular weight is 385 g/mol. The maximum atomic E-state index is 13.1. The minimum Gasteiger partial charge on any atom is -0.223 e. The molecule has 1 atom stereocenters. The molecule has 1 heterocycles. The van der Waals surface area contributed by atoms with Crippen LogP contribution in [0.1, 0.15) is 40.8 Å². The predicted molar refractivity (Wildman–Crippen MR) is 105 cm³/mol. The molecular formula is C20H24N4O2S. The molecule has 0 aliphatic rings. The molecule has 0 aliphatic heterocycles. The molecule has 6 nitrogen and oxygen atoms in total. The van der Waals surface area contributed by atoms with Crippen LogP contribution in [0.15, 0.2) is 47.9 Å². The van der Waals surface area contributed by atoms with Gasteiger partial charge in [0.25, 0.3) is 0 Å². The van der Waals surface area contributed by atoms with Crippen LogP contribution < -0.4 is 4.72 Å². The molecule has 1 unspecified atom stereocenters. The van der Waals surface area contributed by atoms with E-state index in [2.05, 4.69) is 14.8 Å². The number of sulfonamides is 1. The number of rotatable bonds is 5. The fourth-order valence-corrected chi connectivity index (χ4v) is 5.05. The highest BCUT2D eigenvalue weighted by Crippen LogP contribution is 2.27. The van der Waals surface area contributed by atoms with E-state index in [4.69, 9.17) is 0 Å². The van der Waals surface area contributed by atoms with E-state index in [9.17, 15) is 8.42 Å². The summed E-state index contributed by atoms with van der Waals surface area (Å²) in [6.07, 6.45) is 3.09. The first-order valence-corrected chi connectivity index (χ1v) is 10.2. The van der Waals surface area contributed by atoms with Crippen LogP contribution in [0.4, 0.5) is 0 Å². The number of aromatic nitrogens is 3. The van der Waals surface area contributed by atoms with Crippen LogP contribution in [-0.2, 0) is 10.0 Å². The molecule has 0 amide bonds. The molecule has 1 aromatic heterocycles. The Morgan fingerprint density at radius 1 is 1.00 bits per heavy atom. The quantitative estimate of drug-likeness (QED) is 0.730. The van der Waals surface area contributed by atoms with E-state index < -0.39 is 10.0 Å². The van der Waals surface area contributed by atoms with E-state index in [0.29, 0.717) is 4.90 Å². The van der Waals surface area contributed by atoms with Crippen molar-refractivity contribution < 1.29 is 8.42 Å². The van der Waals surface area contributed by atoms with Crippen molar-refractivity contribution >= 4 is 10.0 Å². The van der Waals surface area contributed by atoms with Crippen molar-refractivity contribution in [2.45, 2.75) is 45.6 Å². The summed E-state index contributed by atoms with van der Waals surface area (Å²) < 4.78 is 30.6. The number of hydrogen-bond donors (Lipinski definition) is 1. The van der Waals surface area contributed by atoms with E-state index in [-0.39, 0.29) is 6.04 Å². The van der Waals surface area contributed by atoms with Gasteiger partial charge in [-0.05, 0) is 74.6 Å². The van der Waals surface area contributed by atoms with Gasteiger partial charge in [-0.3, -0.25) is 0 Å². The summed E-state index contributed by atoms with van der Waals surface area (Å²) in [6, 6.07) is 9.23. The predicted octanol–water partition coefficient (Wildman–Crippen LogP) is 3.54. The highest BCUT2D eigenvalue weighted by atomic mass is 32.2. The second kappa shape index (κ2) is 7.25. The third-order valence-electron chi connectivity index (χ3n) is 4.97. The van der Waals surface area contributed by atoms with Crippen molar-refractivity contribution in [2.24, 2.45) is 0 Å². The van der Waals surface area contributed by atoms with Gasteiger partial charge in [0.1, 0.15) is 12.7 Å². The number of nitrogens with zero attached hydrogens (tertiary/aromatic N) is 3. The Kier molecular flexibility index (Phi) is 5.17. The summed E-state index contributed by atoms with van der Waals surface area (Å²) in [6.45, 7) is 9.43. The van der Waals surface area contributed by atoms with Gasteiger partial charge in [-0.15, -0.1) is 0 Å². The first-order chi connectivity index (χ1) is 12.7. The average Bonchev–Trinajstić information content (AvgIpc) is 3.14.